The third-order valence-corrected chi connectivity index (χ3v) is 3.92. The number of hydrogen-bond donors (Lipinski definition) is 2. The number of nitrogens with one attached hydrogen (secondary N) is 1. The first-order valence-corrected chi connectivity index (χ1v) is 7.32. The molecule has 0 aliphatic rings. The molecule has 0 atom stereocenters. The Bertz CT molecular complexity index is 821. The summed E-state index contributed by atoms with van der Waals surface area (Å²) < 4.78 is 0. The van der Waals surface area contributed by atoms with Gasteiger partial charge >= 0.3 is 0 Å². The van der Waals surface area contributed by atoms with E-state index in [1.807, 2.05) is 37.3 Å². The van der Waals surface area contributed by atoms with Crippen LogP contribution in [0.4, 0.5) is 0 Å². The quantitative estimate of drug-likeness (QED) is 0.698. The molecule has 108 valence electrons. The number of halogens is 1. The van der Waals surface area contributed by atoms with E-state index in [0.29, 0.717) is 16.8 Å². The van der Waals surface area contributed by atoms with Crippen LogP contribution in [0.15, 0.2) is 30.3 Å². The molecule has 2 aromatic carbocycles. The van der Waals surface area contributed by atoms with Crippen molar-refractivity contribution in [1.82, 2.24) is 9.97 Å². The number of aryl methyl sites for hydroxylation is 1. The molecule has 0 aliphatic carbocycles. The fourth-order valence-electron chi connectivity index (χ4n) is 2.43. The maximum atomic E-state index is 10.4. The molecule has 21 heavy (non-hydrogen) atoms. The van der Waals surface area contributed by atoms with Crippen LogP contribution in [0.25, 0.3) is 22.4 Å². The lowest BCUT2D eigenvalue weighted by Gasteiger charge is -2.11. The normalized spacial score (nSPS) is 11.5. The van der Waals surface area contributed by atoms with Crippen LogP contribution >= 0.6 is 11.6 Å². The summed E-state index contributed by atoms with van der Waals surface area (Å²) in [7, 11) is 0. The molecule has 0 fully saturated rings. The van der Waals surface area contributed by atoms with Crippen molar-refractivity contribution >= 4 is 22.6 Å². The van der Waals surface area contributed by atoms with Gasteiger partial charge in [0.25, 0.3) is 0 Å². The number of benzene rings is 2. The van der Waals surface area contributed by atoms with E-state index in [1.54, 1.807) is 0 Å². The van der Waals surface area contributed by atoms with Crippen molar-refractivity contribution in [3.8, 4) is 17.1 Å². The van der Waals surface area contributed by atoms with Crippen LogP contribution in [0.1, 0.15) is 30.9 Å². The van der Waals surface area contributed by atoms with Gasteiger partial charge in [-0.15, -0.1) is 0 Å². The van der Waals surface area contributed by atoms with Crippen molar-refractivity contribution in [3.63, 3.8) is 0 Å². The van der Waals surface area contributed by atoms with E-state index in [-0.39, 0.29) is 5.75 Å². The van der Waals surface area contributed by atoms with Crippen LogP contribution in [0, 0.1) is 6.92 Å². The highest BCUT2D eigenvalue weighted by Crippen LogP contribution is 2.34. The molecule has 2 N–H and O–H groups in total. The standard InChI is InChI=1S/C17H17ClN2O/c1-9(2)11-6-10(3)16(21)13(7-11)17-19-14-5-4-12(18)8-15(14)20-17/h4-9,21H,1-3H3,(H,19,20). The third kappa shape index (κ3) is 2.49. The Hall–Kier alpha value is -2.00. The summed E-state index contributed by atoms with van der Waals surface area (Å²) in [6.45, 7) is 6.17. The topological polar surface area (TPSA) is 48.9 Å². The fraction of sp³-hybridized carbons (Fsp3) is 0.235. The van der Waals surface area contributed by atoms with Gasteiger partial charge in [0, 0.05) is 5.02 Å². The molecule has 1 heterocycles. The zero-order valence-corrected chi connectivity index (χ0v) is 13.0. The number of aromatic hydroxyl groups is 1. The summed E-state index contributed by atoms with van der Waals surface area (Å²) in [6.07, 6.45) is 0. The van der Waals surface area contributed by atoms with Crippen LogP contribution in [0.2, 0.25) is 5.02 Å². The fourth-order valence-corrected chi connectivity index (χ4v) is 2.60. The number of imidazole rings is 1. The highest BCUT2D eigenvalue weighted by atomic mass is 35.5. The highest BCUT2D eigenvalue weighted by molar-refractivity contribution is 6.31. The molecular weight excluding hydrogens is 284 g/mol. The molecular formula is C17H17ClN2O. The first kappa shape index (κ1) is 14.0. The summed E-state index contributed by atoms with van der Waals surface area (Å²) in [5, 5.41) is 11.0. The Balaban J connectivity index is 2.21. The number of nitrogens with zero attached hydrogens (tertiary/aromatic N) is 1. The molecule has 0 bridgehead atoms. The van der Waals surface area contributed by atoms with Crippen LogP contribution in [-0.4, -0.2) is 15.1 Å². The second-order valence-electron chi connectivity index (χ2n) is 5.64. The minimum atomic E-state index is 0.268. The predicted octanol–water partition coefficient (Wildman–Crippen LogP) is 5.02. The minimum absolute atomic E-state index is 0.268. The lowest BCUT2D eigenvalue weighted by Crippen LogP contribution is -1.92. The van der Waals surface area contributed by atoms with Crippen molar-refractivity contribution in [2.24, 2.45) is 0 Å². The Morgan fingerprint density at radius 2 is 1.95 bits per heavy atom. The first-order valence-electron chi connectivity index (χ1n) is 6.95. The summed E-state index contributed by atoms with van der Waals surface area (Å²) in [5.41, 5.74) is 4.46. The van der Waals surface area contributed by atoms with Crippen molar-refractivity contribution < 1.29 is 5.11 Å². The molecule has 3 nitrogen and oxygen atoms in total. The van der Waals surface area contributed by atoms with E-state index in [4.69, 9.17) is 11.6 Å². The molecule has 3 aromatic rings. The van der Waals surface area contributed by atoms with Crippen molar-refractivity contribution in [3.05, 3.63) is 46.5 Å². The largest absolute Gasteiger partial charge is 0.507 e. The van der Waals surface area contributed by atoms with Crippen LogP contribution in [0.5, 0.6) is 5.75 Å². The molecule has 3 rings (SSSR count). The summed E-state index contributed by atoms with van der Waals surface area (Å²) >= 11 is 6.00. The van der Waals surface area contributed by atoms with Gasteiger partial charge in [0.05, 0.1) is 16.6 Å². The van der Waals surface area contributed by atoms with Crippen molar-refractivity contribution in [2.45, 2.75) is 26.7 Å². The second-order valence-corrected chi connectivity index (χ2v) is 6.07. The lowest BCUT2D eigenvalue weighted by molar-refractivity contribution is 0.472. The highest BCUT2D eigenvalue weighted by Gasteiger charge is 2.14. The molecule has 4 heteroatoms. The minimum Gasteiger partial charge on any atom is -0.507 e. The summed E-state index contributed by atoms with van der Waals surface area (Å²) in [5.74, 6) is 1.32. The van der Waals surface area contributed by atoms with Crippen LogP contribution in [0.3, 0.4) is 0 Å². The van der Waals surface area contributed by atoms with Gasteiger partial charge < -0.3 is 10.1 Å². The van der Waals surface area contributed by atoms with Gasteiger partial charge in [-0.25, -0.2) is 4.98 Å². The maximum absolute atomic E-state index is 10.4. The van der Waals surface area contributed by atoms with Gasteiger partial charge in [-0.05, 0) is 48.2 Å². The van der Waals surface area contributed by atoms with Gasteiger partial charge in [-0.1, -0.05) is 31.5 Å². The number of aromatic nitrogens is 2. The Morgan fingerprint density at radius 1 is 1.19 bits per heavy atom. The number of fused-ring (bicyclic) bond motifs is 1. The van der Waals surface area contributed by atoms with Crippen molar-refractivity contribution in [2.75, 3.05) is 0 Å². The average Bonchev–Trinajstić information content (AvgIpc) is 2.84. The summed E-state index contributed by atoms with van der Waals surface area (Å²) in [6, 6.07) is 9.52. The average molecular weight is 301 g/mol. The smallest absolute Gasteiger partial charge is 0.142 e. The van der Waals surface area contributed by atoms with Gasteiger partial charge in [0.15, 0.2) is 0 Å². The molecule has 0 radical (unpaired) electrons. The van der Waals surface area contributed by atoms with Crippen LogP contribution < -0.4 is 0 Å². The maximum Gasteiger partial charge on any atom is 0.142 e. The molecule has 0 unspecified atom stereocenters. The SMILES string of the molecule is Cc1cc(C(C)C)cc(-c2nc3ccc(Cl)cc3[nH]2)c1O. The Labute approximate surface area is 128 Å². The third-order valence-electron chi connectivity index (χ3n) is 3.69. The van der Waals surface area contributed by atoms with Gasteiger partial charge in [0.1, 0.15) is 11.6 Å². The van der Waals surface area contributed by atoms with E-state index in [2.05, 4.69) is 23.8 Å². The number of H-pyrrole nitrogens is 1. The Kier molecular flexibility index (Phi) is 3.38. The van der Waals surface area contributed by atoms with E-state index >= 15 is 0 Å². The van der Waals surface area contributed by atoms with Crippen LogP contribution in [-0.2, 0) is 0 Å². The zero-order chi connectivity index (χ0) is 15.1. The van der Waals surface area contributed by atoms with Crippen molar-refractivity contribution in [1.29, 1.82) is 0 Å². The number of hydrogen-bond acceptors (Lipinski definition) is 2. The molecule has 0 saturated heterocycles. The number of phenols is 1. The number of rotatable bonds is 2. The second kappa shape index (κ2) is 5.08. The van der Waals surface area contributed by atoms with Gasteiger partial charge in [-0.2, -0.15) is 0 Å². The predicted molar refractivity (Wildman–Crippen MR) is 87.0 cm³/mol. The summed E-state index contributed by atoms with van der Waals surface area (Å²) in [4.78, 5) is 7.78. The number of aromatic amines is 1. The van der Waals surface area contributed by atoms with Gasteiger partial charge in [0.2, 0.25) is 0 Å². The monoisotopic (exact) mass is 300 g/mol. The number of phenolic OH excluding ortho intramolecular Hbond substituents is 1. The Morgan fingerprint density at radius 3 is 2.67 bits per heavy atom. The molecule has 1 aromatic heterocycles. The molecule has 0 spiro atoms. The zero-order valence-electron chi connectivity index (χ0n) is 12.2. The van der Waals surface area contributed by atoms with E-state index in [0.717, 1.165) is 22.2 Å². The van der Waals surface area contributed by atoms with E-state index < -0.39 is 0 Å². The molecule has 0 amide bonds. The molecule has 0 aliphatic heterocycles. The first-order chi connectivity index (χ1) is 9.95. The van der Waals surface area contributed by atoms with Gasteiger partial charge in [-0.3, -0.25) is 0 Å². The van der Waals surface area contributed by atoms with E-state index in [9.17, 15) is 5.11 Å². The molecule has 0 saturated carbocycles. The van der Waals surface area contributed by atoms with E-state index in [1.165, 1.54) is 5.56 Å². The lowest BCUT2D eigenvalue weighted by atomic mass is 9.97.